The van der Waals surface area contributed by atoms with Gasteiger partial charge in [-0.2, -0.15) is 0 Å². The summed E-state index contributed by atoms with van der Waals surface area (Å²) in [6.45, 7) is 7.96. The largest absolute Gasteiger partial charge is 0.205 e. The summed E-state index contributed by atoms with van der Waals surface area (Å²) >= 11 is 7.03. The van der Waals surface area contributed by atoms with Crippen LogP contribution in [-0.2, 0) is 52.4 Å². The minimum absolute atomic E-state index is 0.975. The van der Waals surface area contributed by atoms with Crippen LogP contribution in [0.1, 0.15) is 32.1 Å². The number of halogens is 2. The molecule has 0 bridgehead atoms. The number of hydrogen-bond acceptors (Lipinski definition) is 0. The number of nitrogens with zero attached hydrogens (tertiary/aromatic N) is 8. The van der Waals surface area contributed by atoms with Crippen LogP contribution in [0.2, 0.25) is 0 Å². The lowest BCUT2D eigenvalue weighted by Gasteiger charge is -2.03. The maximum Gasteiger partial charge on any atom is 0.169 e. The van der Waals surface area contributed by atoms with Crippen molar-refractivity contribution in [1.29, 1.82) is 0 Å². The first kappa shape index (κ1) is 45.7. The van der Waals surface area contributed by atoms with Crippen LogP contribution in [0, 0.1) is 0 Å². The summed E-state index contributed by atoms with van der Waals surface area (Å²) in [5, 5.41) is 2.06. The Morgan fingerprint density at radius 3 is 0.446 bits per heavy atom. The molecule has 8 nitrogen and oxygen atoms in total. The molecule has 8 rings (SSSR count). The molecule has 0 radical (unpaired) electrons. The van der Waals surface area contributed by atoms with E-state index in [4.69, 9.17) is 0 Å². The molecule has 0 atom stereocenters. The van der Waals surface area contributed by atoms with Crippen molar-refractivity contribution in [2.24, 2.45) is 0 Å². The summed E-state index contributed by atoms with van der Waals surface area (Å²) in [4.78, 5) is 0. The van der Waals surface area contributed by atoms with E-state index in [9.17, 15) is 0 Å². The highest BCUT2D eigenvalue weighted by molar-refractivity contribution is 9.09. The summed E-state index contributed by atoms with van der Waals surface area (Å²) in [6.07, 6.45) is 40.6. The van der Waals surface area contributed by atoms with Gasteiger partial charge in [-0.25, -0.2) is 36.5 Å². The number of aromatic nitrogens is 8. The minimum Gasteiger partial charge on any atom is -0.205 e. The Balaban J connectivity index is 0.720. The number of rotatable bonds is 22. The van der Waals surface area contributed by atoms with E-state index in [1.54, 1.807) is 0 Å². The van der Waals surface area contributed by atoms with Gasteiger partial charge in [0.2, 0.25) is 0 Å². The van der Waals surface area contributed by atoms with Crippen molar-refractivity contribution in [3.63, 3.8) is 0 Å². The molecule has 0 aliphatic rings. The first-order valence-corrected chi connectivity index (χ1v) is 25.4. The first-order valence-electron chi connectivity index (χ1n) is 23.1. The maximum absolute atomic E-state index is 3.52. The molecule has 8 aromatic rings. The Bertz CT molecular complexity index is 2450. The third-order valence-corrected chi connectivity index (χ3v) is 13.2. The lowest BCUT2D eigenvalue weighted by atomic mass is 10.1. The van der Waals surface area contributed by atoms with Gasteiger partial charge in [-0.1, -0.05) is 31.9 Å². The summed E-state index contributed by atoms with van der Waals surface area (Å²) in [7, 11) is 0. The quantitative estimate of drug-likeness (QED) is 0.0499. The number of hydrogen-bond donors (Lipinski definition) is 0. The Labute approximate surface area is 401 Å². The predicted molar refractivity (Wildman–Crippen MR) is 260 cm³/mol. The van der Waals surface area contributed by atoms with Gasteiger partial charge < -0.3 is 0 Å². The predicted octanol–water partition coefficient (Wildman–Crippen LogP) is 7.50. The molecule has 65 heavy (non-hydrogen) atoms. The van der Waals surface area contributed by atoms with Gasteiger partial charge in [0.15, 0.2) is 138 Å². The molecule has 8 heterocycles. The average Bonchev–Trinajstić information content (AvgIpc) is 3.37. The molecular formula is C55H62Br2N8+8. The molecule has 8 aromatic heterocycles. The van der Waals surface area contributed by atoms with Gasteiger partial charge in [0.1, 0.15) is 13.1 Å². The van der Waals surface area contributed by atoms with Gasteiger partial charge >= 0.3 is 0 Å². The molecule has 0 spiro atoms. The molecule has 0 aromatic carbocycles. The van der Waals surface area contributed by atoms with Crippen molar-refractivity contribution in [1.82, 2.24) is 0 Å². The fourth-order valence-electron chi connectivity index (χ4n) is 8.18. The summed E-state index contributed by atoms with van der Waals surface area (Å²) in [5.41, 5.74) is 9.98. The van der Waals surface area contributed by atoms with Gasteiger partial charge in [0, 0.05) is 121 Å². The maximum atomic E-state index is 3.52. The zero-order valence-corrected chi connectivity index (χ0v) is 40.6. The van der Waals surface area contributed by atoms with Gasteiger partial charge in [-0.05, 0) is 44.5 Å². The van der Waals surface area contributed by atoms with Crippen LogP contribution in [0.3, 0.4) is 0 Å². The molecular weight excluding hydrogens is 932 g/mol. The van der Waals surface area contributed by atoms with Crippen LogP contribution in [-0.4, -0.2) is 10.7 Å². The van der Waals surface area contributed by atoms with E-state index in [1.165, 1.54) is 44.5 Å². The third kappa shape index (κ3) is 13.6. The van der Waals surface area contributed by atoms with Gasteiger partial charge in [0.05, 0.1) is 19.3 Å². The Morgan fingerprint density at radius 2 is 0.323 bits per heavy atom. The van der Waals surface area contributed by atoms with Crippen LogP contribution in [0.5, 0.6) is 0 Å². The second-order valence-electron chi connectivity index (χ2n) is 16.7. The van der Waals surface area contributed by atoms with E-state index < -0.39 is 0 Å². The summed E-state index contributed by atoms with van der Waals surface area (Å²) in [5.74, 6) is 0. The lowest BCUT2D eigenvalue weighted by Crippen LogP contribution is -2.38. The highest BCUT2D eigenvalue weighted by Gasteiger charge is 2.13. The van der Waals surface area contributed by atoms with Gasteiger partial charge in [0.25, 0.3) is 0 Å². The highest BCUT2D eigenvalue weighted by Crippen LogP contribution is 2.19. The Hall–Kier alpha value is -5.84. The monoisotopic (exact) mass is 992 g/mol. The highest BCUT2D eigenvalue weighted by atomic mass is 79.9. The second-order valence-corrected chi connectivity index (χ2v) is 18.3. The zero-order chi connectivity index (χ0) is 44.5. The van der Waals surface area contributed by atoms with E-state index in [0.717, 1.165) is 95.1 Å². The van der Waals surface area contributed by atoms with Crippen molar-refractivity contribution < 1.29 is 36.5 Å². The molecule has 0 saturated heterocycles. The fraction of sp³-hybridized carbons (Fsp3) is 0.273. The van der Waals surface area contributed by atoms with Crippen molar-refractivity contribution in [2.75, 3.05) is 10.7 Å². The Morgan fingerprint density at radius 1 is 0.200 bits per heavy atom. The van der Waals surface area contributed by atoms with Crippen LogP contribution in [0.25, 0.3) is 44.5 Å². The van der Waals surface area contributed by atoms with E-state index >= 15 is 0 Å². The lowest BCUT2D eigenvalue weighted by molar-refractivity contribution is -0.727. The molecule has 0 amide bonds. The van der Waals surface area contributed by atoms with Crippen LogP contribution in [0.4, 0.5) is 0 Å². The Kier molecular flexibility index (Phi) is 16.8. The molecule has 0 saturated carbocycles. The topological polar surface area (TPSA) is 31.0 Å². The van der Waals surface area contributed by atoms with Crippen molar-refractivity contribution in [3.05, 3.63) is 196 Å². The van der Waals surface area contributed by atoms with E-state index in [1.807, 2.05) is 0 Å². The number of pyridine rings is 8. The van der Waals surface area contributed by atoms with Crippen LogP contribution in [0.15, 0.2) is 196 Å². The van der Waals surface area contributed by atoms with Crippen LogP contribution >= 0.6 is 31.9 Å². The SMILES string of the molecule is BrCCC[n+]1ccc(-c2cc[n+](CCC[n+]3ccc(-c4cc[n+](CCC[n+]5ccc(-c6cc[n+](CCC[n+]7ccc(-c8cc[n+](CCCBr)cc8)cc7)cc6)cc5)cc4)cc3)cc2)cc1. The third-order valence-electron chi connectivity index (χ3n) is 12.1. The van der Waals surface area contributed by atoms with E-state index in [0.29, 0.717) is 0 Å². The van der Waals surface area contributed by atoms with E-state index in [2.05, 4.69) is 265 Å². The summed E-state index contributed by atoms with van der Waals surface area (Å²) < 4.78 is 18.2. The molecule has 0 aliphatic heterocycles. The molecule has 10 heteroatoms. The molecule has 0 unspecified atom stereocenters. The molecule has 0 N–H and O–H groups in total. The van der Waals surface area contributed by atoms with Crippen molar-refractivity contribution in [2.45, 2.75) is 84.5 Å². The molecule has 0 fully saturated rings. The molecule has 328 valence electrons. The standard InChI is InChI=1S/C55H62Br2N8/c56-22-1-24-58-32-6-48(7-33-58)50-10-36-60(37-11-50)26-3-28-62-40-14-52(15-41-62)54-18-44-64(45-19-54)30-5-31-65-46-20-55(21-47-65)53-16-42-63(43-17-53)29-4-27-61-38-12-51(13-39-61)49-8-34-59(35-9-49)25-2-23-57/h6-21,32-47H,1-5,22-31H2/q+8. The first-order chi connectivity index (χ1) is 32.1. The summed E-state index contributed by atoms with van der Waals surface area (Å²) in [6, 6.07) is 35.5. The fourth-order valence-corrected chi connectivity index (χ4v) is 8.68. The second kappa shape index (κ2) is 23.9. The van der Waals surface area contributed by atoms with E-state index in [-0.39, 0.29) is 0 Å². The minimum atomic E-state index is 0.975. The van der Waals surface area contributed by atoms with Crippen molar-refractivity contribution in [3.8, 4) is 44.5 Å². The molecule has 0 aliphatic carbocycles. The van der Waals surface area contributed by atoms with Crippen LogP contribution < -0.4 is 36.5 Å². The number of aryl methyl sites for hydroxylation is 8. The normalized spacial score (nSPS) is 11.2. The van der Waals surface area contributed by atoms with Crippen molar-refractivity contribution >= 4 is 31.9 Å². The number of alkyl halides is 2. The average molecular weight is 995 g/mol. The van der Waals surface area contributed by atoms with Gasteiger partial charge in [-0.15, -0.1) is 0 Å². The zero-order valence-electron chi connectivity index (χ0n) is 37.4. The smallest absolute Gasteiger partial charge is 0.169 e. The van der Waals surface area contributed by atoms with Gasteiger partial charge in [-0.3, -0.25) is 0 Å².